The molecule has 24 nitrogen and oxygen atoms in total. The van der Waals surface area contributed by atoms with Crippen LogP contribution in [-0.4, -0.2) is 145 Å². The number of aromatic amines is 2. The molecule has 370 valence electrons. The first-order valence-electron chi connectivity index (χ1n) is 21.5. The van der Waals surface area contributed by atoms with Crippen LogP contribution in [0, 0.1) is 0 Å². The molecule has 0 spiro atoms. The molecule has 2 N–H and O–H groups in total. The van der Waals surface area contributed by atoms with Crippen molar-refractivity contribution in [1.29, 1.82) is 0 Å². The van der Waals surface area contributed by atoms with Gasteiger partial charge in [0, 0.05) is 44.3 Å². The number of fused-ring (bicyclic) bond motifs is 8. The molecule has 0 fully saturated rings. The molecule has 8 bridgehead atoms. The SMILES string of the molecule is COc1nc(OC)c(-c2c3nc(c(-c4c(OC)nc(OC)nc4OC)c4ccc([nH]4)c(-c4c(OC)nc(OC)nc4OC)c4nc(c(-c5c(OC)nc(OC)nc5OC)c5ccc2[nH]5)C=C4)C=C3)c(OC)n1. The molecule has 0 unspecified atom stereocenters. The van der Waals surface area contributed by atoms with Gasteiger partial charge in [-0.2, -0.15) is 39.9 Å². The summed E-state index contributed by atoms with van der Waals surface area (Å²) in [5, 5.41) is 0. The molecule has 0 saturated carbocycles. The highest BCUT2D eigenvalue weighted by atomic mass is 16.5. The lowest BCUT2D eigenvalue weighted by atomic mass is 10.1. The zero-order chi connectivity index (χ0) is 50.8. The molecule has 2 aliphatic rings. The van der Waals surface area contributed by atoms with Gasteiger partial charge in [-0.3, -0.25) is 0 Å². The Morgan fingerprint density at radius 2 is 0.417 bits per heavy atom. The summed E-state index contributed by atoms with van der Waals surface area (Å²) < 4.78 is 69.3. The maximum Gasteiger partial charge on any atom is 0.322 e. The molecule has 9 rings (SSSR count). The number of rotatable bonds is 16. The van der Waals surface area contributed by atoms with Crippen LogP contribution < -0.4 is 56.8 Å². The lowest BCUT2D eigenvalue weighted by molar-refractivity contribution is 0.331. The van der Waals surface area contributed by atoms with Crippen molar-refractivity contribution in [3.8, 4) is 116 Å². The van der Waals surface area contributed by atoms with Crippen molar-refractivity contribution in [2.75, 3.05) is 85.3 Å². The van der Waals surface area contributed by atoms with Gasteiger partial charge >= 0.3 is 24.0 Å². The van der Waals surface area contributed by atoms with E-state index in [9.17, 15) is 0 Å². The molecule has 0 amide bonds. The van der Waals surface area contributed by atoms with Crippen LogP contribution >= 0.6 is 0 Å². The van der Waals surface area contributed by atoms with E-state index in [0.29, 0.717) is 89.4 Å². The molecule has 0 saturated heterocycles. The molecule has 0 aliphatic carbocycles. The molecular formula is C48H46N12O12. The first-order valence-corrected chi connectivity index (χ1v) is 21.5. The third-order valence-electron chi connectivity index (χ3n) is 11.3. The number of H-pyrrole nitrogens is 2. The largest absolute Gasteiger partial charge is 0.480 e. The Balaban J connectivity index is 1.57. The van der Waals surface area contributed by atoms with Crippen molar-refractivity contribution in [3.63, 3.8) is 0 Å². The predicted molar refractivity (Wildman–Crippen MR) is 262 cm³/mol. The van der Waals surface area contributed by atoms with E-state index < -0.39 is 0 Å². The van der Waals surface area contributed by atoms with Gasteiger partial charge in [0.25, 0.3) is 0 Å². The van der Waals surface area contributed by atoms with Gasteiger partial charge < -0.3 is 66.8 Å². The molecule has 7 aromatic rings. The molecular weight excluding hydrogens is 937 g/mol. The van der Waals surface area contributed by atoms with E-state index in [2.05, 4.69) is 49.8 Å². The smallest absolute Gasteiger partial charge is 0.322 e. The molecule has 0 aromatic carbocycles. The van der Waals surface area contributed by atoms with Crippen molar-refractivity contribution in [1.82, 2.24) is 59.8 Å². The van der Waals surface area contributed by atoms with E-state index in [-0.39, 0.29) is 71.1 Å². The second-order valence-corrected chi connectivity index (χ2v) is 14.9. The fourth-order valence-corrected chi connectivity index (χ4v) is 8.27. The maximum atomic E-state index is 5.94. The van der Waals surface area contributed by atoms with Gasteiger partial charge in [0.2, 0.25) is 47.0 Å². The number of methoxy groups -OCH3 is 12. The zero-order valence-electron chi connectivity index (χ0n) is 41.0. The van der Waals surface area contributed by atoms with Gasteiger partial charge in [-0.05, 0) is 48.6 Å². The maximum absolute atomic E-state index is 5.94. The Bertz CT molecular complexity index is 2960. The quantitative estimate of drug-likeness (QED) is 0.103. The highest BCUT2D eigenvalue weighted by Crippen LogP contribution is 2.48. The molecule has 0 atom stereocenters. The number of nitrogens with one attached hydrogen (secondary N) is 2. The van der Waals surface area contributed by atoms with Crippen LogP contribution in [0.5, 0.6) is 71.1 Å². The van der Waals surface area contributed by atoms with Crippen molar-refractivity contribution < 1.29 is 56.8 Å². The van der Waals surface area contributed by atoms with Crippen molar-refractivity contribution in [2.24, 2.45) is 0 Å². The van der Waals surface area contributed by atoms with Crippen molar-refractivity contribution in [3.05, 3.63) is 47.0 Å². The van der Waals surface area contributed by atoms with Crippen LogP contribution in [0.2, 0.25) is 0 Å². The van der Waals surface area contributed by atoms with Crippen LogP contribution in [0.3, 0.4) is 0 Å². The topological polar surface area (TPSA) is 271 Å². The summed E-state index contributed by atoms with van der Waals surface area (Å²) >= 11 is 0. The highest BCUT2D eigenvalue weighted by Gasteiger charge is 2.31. The minimum Gasteiger partial charge on any atom is -0.480 e. The van der Waals surface area contributed by atoms with Crippen LogP contribution in [-0.2, 0) is 0 Å². The summed E-state index contributed by atoms with van der Waals surface area (Å²) in [6, 6.07) is 7.40. The van der Waals surface area contributed by atoms with E-state index in [0.717, 1.165) is 0 Å². The van der Waals surface area contributed by atoms with Gasteiger partial charge in [-0.15, -0.1) is 0 Å². The highest BCUT2D eigenvalue weighted by molar-refractivity contribution is 6.03. The Kier molecular flexibility index (Phi) is 13.1. The van der Waals surface area contributed by atoms with Crippen LogP contribution in [0.4, 0.5) is 0 Å². The van der Waals surface area contributed by atoms with E-state index in [1.165, 1.54) is 85.3 Å². The summed E-state index contributed by atoms with van der Waals surface area (Å²) in [5.41, 5.74) is 6.69. The summed E-state index contributed by atoms with van der Waals surface area (Å²) in [6.07, 6.45) is 7.28. The van der Waals surface area contributed by atoms with Gasteiger partial charge in [-0.25, -0.2) is 9.97 Å². The third kappa shape index (κ3) is 8.12. The first kappa shape index (κ1) is 47.6. The molecule has 72 heavy (non-hydrogen) atoms. The van der Waals surface area contributed by atoms with E-state index in [1.807, 2.05) is 48.6 Å². The van der Waals surface area contributed by atoms with E-state index >= 15 is 0 Å². The minimum atomic E-state index is 0.00136. The summed E-state index contributed by atoms with van der Waals surface area (Å²) in [5.74, 6) is 0.917. The average Bonchev–Trinajstić information content (AvgIpc) is 4.29. The summed E-state index contributed by atoms with van der Waals surface area (Å²) in [4.78, 5) is 54.5. The Labute approximate surface area is 410 Å². The Hall–Kier alpha value is -9.48. The second kappa shape index (κ2) is 19.9. The first-order chi connectivity index (χ1) is 35.1. The number of hydrogen-bond acceptors (Lipinski definition) is 22. The van der Waals surface area contributed by atoms with Crippen LogP contribution in [0.25, 0.3) is 90.9 Å². The minimum absolute atomic E-state index is 0.00136. The Morgan fingerprint density at radius 3 is 0.569 bits per heavy atom. The van der Waals surface area contributed by atoms with Gasteiger partial charge in [-0.1, -0.05) is 0 Å². The molecule has 7 aromatic heterocycles. The number of nitrogens with zero attached hydrogens (tertiary/aromatic N) is 10. The predicted octanol–water partition coefficient (Wildman–Crippen LogP) is 6.59. The van der Waals surface area contributed by atoms with Gasteiger partial charge in [0.15, 0.2) is 0 Å². The van der Waals surface area contributed by atoms with Crippen LogP contribution in [0.15, 0.2) is 24.3 Å². The van der Waals surface area contributed by atoms with E-state index in [1.54, 1.807) is 0 Å². The monoisotopic (exact) mass is 982 g/mol. The Morgan fingerprint density at radius 1 is 0.236 bits per heavy atom. The summed E-state index contributed by atoms with van der Waals surface area (Å²) in [6.45, 7) is 0. The standard InChI is InChI=1S/C48H46N12O12/c1-61-37-33(38(62-2)54-45(53-37)69-9)29-21-13-15-23(49-21)30(34-39(63-3)55-46(70-10)56-40(34)64-4)25-17-19-27(51-25)32(36-43(67-7)59-48(72-12)60-44(36)68-8)28-20-18-26(52-28)31(24-16-14-22(29)50-24)35-41(65-5)57-47(71-11)58-42(35)66-6/h13-20,49,52H,1-12H3. The fraction of sp³-hybridized carbons (Fsp3) is 0.250. The normalized spacial score (nSPS) is 11.5. The van der Waals surface area contributed by atoms with Crippen molar-refractivity contribution >= 4 is 46.4 Å². The molecule has 2 aliphatic heterocycles. The van der Waals surface area contributed by atoms with E-state index in [4.69, 9.17) is 66.8 Å². The number of hydrogen-bond donors (Lipinski definition) is 2. The summed E-state index contributed by atoms with van der Waals surface area (Å²) in [7, 11) is 17.6. The number of aromatic nitrogens is 12. The van der Waals surface area contributed by atoms with Crippen LogP contribution in [0.1, 0.15) is 22.8 Å². The lowest BCUT2D eigenvalue weighted by Gasteiger charge is -2.15. The fourth-order valence-electron chi connectivity index (χ4n) is 8.27. The number of ether oxygens (including phenoxy) is 12. The van der Waals surface area contributed by atoms with Crippen molar-refractivity contribution in [2.45, 2.75) is 0 Å². The molecule has 0 radical (unpaired) electrons. The van der Waals surface area contributed by atoms with Gasteiger partial charge in [0.05, 0.1) is 108 Å². The second-order valence-electron chi connectivity index (χ2n) is 14.9. The zero-order valence-corrected chi connectivity index (χ0v) is 41.0. The average molecular weight is 983 g/mol. The van der Waals surface area contributed by atoms with Gasteiger partial charge in [0.1, 0.15) is 22.3 Å². The molecule has 9 heterocycles. The third-order valence-corrected chi connectivity index (χ3v) is 11.3. The molecule has 24 heteroatoms. The lowest BCUT2D eigenvalue weighted by Crippen LogP contribution is -2.04.